The lowest BCUT2D eigenvalue weighted by Gasteiger charge is -2.23. The number of amides is 3. The average molecular weight is 364 g/mol. The molecular formula is C21H24N4O2. The number of carbonyl (C=O) groups excluding carboxylic acids is 2. The van der Waals surface area contributed by atoms with E-state index in [9.17, 15) is 9.59 Å². The molecule has 2 N–H and O–H groups in total. The van der Waals surface area contributed by atoms with E-state index in [0.29, 0.717) is 12.1 Å². The quantitative estimate of drug-likeness (QED) is 0.871. The molecule has 1 fully saturated rings. The summed E-state index contributed by atoms with van der Waals surface area (Å²) < 4.78 is 0. The second-order valence-corrected chi connectivity index (χ2v) is 7.23. The SMILES string of the molecule is O=C(Nc1ccc2c(c1)CCN2C(=O)c1cccnc1)NC1CCCCC1. The van der Waals surface area contributed by atoms with Crippen LogP contribution in [0.4, 0.5) is 16.2 Å². The van der Waals surface area contributed by atoms with Crippen LogP contribution in [0.2, 0.25) is 0 Å². The van der Waals surface area contributed by atoms with Crippen molar-refractivity contribution in [2.45, 2.75) is 44.6 Å². The Morgan fingerprint density at radius 1 is 1.11 bits per heavy atom. The Kier molecular flexibility index (Phi) is 5.05. The molecule has 140 valence electrons. The van der Waals surface area contributed by atoms with Gasteiger partial charge in [-0.05, 0) is 55.2 Å². The molecular weight excluding hydrogens is 340 g/mol. The summed E-state index contributed by atoms with van der Waals surface area (Å²) >= 11 is 0. The van der Waals surface area contributed by atoms with Crippen LogP contribution in [0, 0.1) is 0 Å². The van der Waals surface area contributed by atoms with Gasteiger partial charge in [-0.3, -0.25) is 9.78 Å². The van der Waals surface area contributed by atoms with Gasteiger partial charge in [0.05, 0.1) is 5.56 Å². The Morgan fingerprint density at radius 2 is 1.96 bits per heavy atom. The Labute approximate surface area is 159 Å². The summed E-state index contributed by atoms with van der Waals surface area (Å²) in [5, 5.41) is 5.99. The molecule has 1 aliphatic carbocycles. The van der Waals surface area contributed by atoms with Crippen molar-refractivity contribution in [3.8, 4) is 0 Å². The monoisotopic (exact) mass is 364 g/mol. The third-order valence-electron chi connectivity index (χ3n) is 5.33. The van der Waals surface area contributed by atoms with Crippen LogP contribution in [0.3, 0.4) is 0 Å². The molecule has 6 nitrogen and oxygen atoms in total. The van der Waals surface area contributed by atoms with Gasteiger partial charge in [0.15, 0.2) is 0 Å². The molecule has 0 unspecified atom stereocenters. The van der Waals surface area contributed by atoms with Crippen molar-refractivity contribution in [3.05, 3.63) is 53.9 Å². The fourth-order valence-corrected chi connectivity index (χ4v) is 3.94. The number of urea groups is 1. The van der Waals surface area contributed by atoms with E-state index in [4.69, 9.17) is 0 Å². The average Bonchev–Trinajstić information content (AvgIpc) is 3.12. The van der Waals surface area contributed by atoms with E-state index >= 15 is 0 Å². The van der Waals surface area contributed by atoms with E-state index in [1.54, 1.807) is 29.4 Å². The zero-order valence-corrected chi connectivity index (χ0v) is 15.3. The number of hydrogen-bond acceptors (Lipinski definition) is 3. The fraction of sp³-hybridized carbons (Fsp3) is 0.381. The van der Waals surface area contributed by atoms with Crippen molar-refractivity contribution in [1.29, 1.82) is 0 Å². The van der Waals surface area contributed by atoms with Crippen LogP contribution in [-0.2, 0) is 6.42 Å². The van der Waals surface area contributed by atoms with Crippen molar-refractivity contribution >= 4 is 23.3 Å². The molecule has 27 heavy (non-hydrogen) atoms. The van der Waals surface area contributed by atoms with Gasteiger partial charge in [-0.1, -0.05) is 19.3 Å². The number of hydrogen-bond donors (Lipinski definition) is 2. The molecule has 1 aliphatic heterocycles. The smallest absolute Gasteiger partial charge is 0.319 e. The molecule has 2 aromatic rings. The molecule has 4 rings (SSSR count). The molecule has 1 saturated carbocycles. The Bertz CT molecular complexity index is 831. The highest BCUT2D eigenvalue weighted by Gasteiger charge is 2.26. The summed E-state index contributed by atoms with van der Waals surface area (Å²) in [6, 6.07) is 9.40. The largest absolute Gasteiger partial charge is 0.335 e. The van der Waals surface area contributed by atoms with Crippen LogP contribution in [-0.4, -0.2) is 29.5 Å². The molecule has 3 amide bonds. The van der Waals surface area contributed by atoms with E-state index < -0.39 is 0 Å². The Balaban J connectivity index is 1.42. The summed E-state index contributed by atoms with van der Waals surface area (Å²) in [7, 11) is 0. The van der Waals surface area contributed by atoms with Gasteiger partial charge >= 0.3 is 6.03 Å². The topological polar surface area (TPSA) is 74.3 Å². The highest BCUT2D eigenvalue weighted by molar-refractivity contribution is 6.07. The molecule has 2 heterocycles. The molecule has 0 atom stereocenters. The van der Waals surface area contributed by atoms with Gasteiger partial charge in [0.1, 0.15) is 0 Å². The first-order valence-electron chi connectivity index (χ1n) is 9.63. The molecule has 0 radical (unpaired) electrons. The lowest BCUT2D eigenvalue weighted by Crippen LogP contribution is -2.39. The summed E-state index contributed by atoms with van der Waals surface area (Å²) in [5.41, 5.74) is 3.32. The van der Waals surface area contributed by atoms with Gasteiger partial charge in [0.25, 0.3) is 5.91 Å². The van der Waals surface area contributed by atoms with Crippen LogP contribution >= 0.6 is 0 Å². The first-order valence-corrected chi connectivity index (χ1v) is 9.63. The number of pyridine rings is 1. The standard InChI is InChI=1S/C21H24N4O2/c26-20(16-5-4-11-22-14-16)25-12-10-15-13-18(8-9-19(15)25)24-21(27)23-17-6-2-1-3-7-17/h4-5,8-9,11,13-14,17H,1-3,6-7,10,12H2,(H2,23,24,27). The van der Waals surface area contributed by atoms with Gasteiger partial charge in [-0.25, -0.2) is 4.79 Å². The molecule has 1 aromatic heterocycles. The number of carbonyl (C=O) groups is 2. The highest BCUT2D eigenvalue weighted by atomic mass is 16.2. The van der Waals surface area contributed by atoms with Crippen LogP contribution < -0.4 is 15.5 Å². The van der Waals surface area contributed by atoms with Crippen molar-refractivity contribution in [1.82, 2.24) is 10.3 Å². The molecule has 2 aliphatic rings. The lowest BCUT2D eigenvalue weighted by molar-refractivity contribution is 0.0989. The number of nitrogens with one attached hydrogen (secondary N) is 2. The first-order chi connectivity index (χ1) is 13.2. The van der Waals surface area contributed by atoms with E-state index in [0.717, 1.165) is 36.2 Å². The van der Waals surface area contributed by atoms with E-state index in [1.165, 1.54) is 19.3 Å². The number of aromatic nitrogens is 1. The molecule has 0 spiro atoms. The Hall–Kier alpha value is -2.89. The summed E-state index contributed by atoms with van der Waals surface area (Å²) in [4.78, 5) is 30.7. The summed E-state index contributed by atoms with van der Waals surface area (Å²) in [6.45, 7) is 0.640. The second-order valence-electron chi connectivity index (χ2n) is 7.23. The van der Waals surface area contributed by atoms with Crippen LogP contribution in [0.15, 0.2) is 42.7 Å². The number of anilines is 2. The summed E-state index contributed by atoms with van der Waals surface area (Å²) in [5.74, 6) is -0.0439. The van der Waals surface area contributed by atoms with E-state index in [1.807, 2.05) is 18.2 Å². The predicted octanol–water partition coefficient (Wildman–Crippen LogP) is 3.74. The Morgan fingerprint density at radius 3 is 2.74 bits per heavy atom. The number of nitrogens with zero attached hydrogens (tertiary/aromatic N) is 2. The van der Waals surface area contributed by atoms with Gasteiger partial charge in [0.2, 0.25) is 0 Å². The zero-order chi connectivity index (χ0) is 18.6. The molecule has 0 saturated heterocycles. The van der Waals surface area contributed by atoms with Crippen LogP contribution in [0.25, 0.3) is 0 Å². The second kappa shape index (κ2) is 7.78. The zero-order valence-electron chi connectivity index (χ0n) is 15.3. The fourth-order valence-electron chi connectivity index (χ4n) is 3.94. The van der Waals surface area contributed by atoms with Gasteiger partial charge in [0, 0.05) is 36.4 Å². The van der Waals surface area contributed by atoms with Crippen molar-refractivity contribution in [2.24, 2.45) is 0 Å². The maximum atomic E-state index is 12.7. The molecule has 1 aromatic carbocycles. The number of rotatable bonds is 3. The third kappa shape index (κ3) is 3.94. The van der Waals surface area contributed by atoms with Crippen molar-refractivity contribution in [3.63, 3.8) is 0 Å². The minimum atomic E-state index is -0.150. The minimum absolute atomic E-state index is 0.0439. The lowest BCUT2D eigenvalue weighted by atomic mass is 9.96. The van der Waals surface area contributed by atoms with Crippen LogP contribution in [0.5, 0.6) is 0 Å². The first kappa shape index (κ1) is 17.5. The van der Waals surface area contributed by atoms with Crippen LogP contribution in [0.1, 0.15) is 48.0 Å². The predicted molar refractivity (Wildman–Crippen MR) is 105 cm³/mol. The number of fused-ring (bicyclic) bond motifs is 1. The number of benzene rings is 1. The maximum Gasteiger partial charge on any atom is 0.319 e. The summed E-state index contributed by atoms with van der Waals surface area (Å²) in [6.07, 6.45) is 9.78. The van der Waals surface area contributed by atoms with E-state index in [-0.39, 0.29) is 18.0 Å². The third-order valence-corrected chi connectivity index (χ3v) is 5.33. The molecule has 6 heteroatoms. The van der Waals surface area contributed by atoms with Gasteiger partial charge in [-0.2, -0.15) is 0 Å². The highest BCUT2D eigenvalue weighted by Crippen LogP contribution is 2.31. The maximum absolute atomic E-state index is 12.7. The van der Waals surface area contributed by atoms with Gasteiger partial charge in [-0.15, -0.1) is 0 Å². The van der Waals surface area contributed by atoms with Crippen molar-refractivity contribution < 1.29 is 9.59 Å². The van der Waals surface area contributed by atoms with E-state index in [2.05, 4.69) is 15.6 Å². The molecule has 0 bridgehead atoms. The minimum Gasteiger partial charge on any atom is -0.335 e. The van der Waals surface area contributed by atoms with Crippen molar-refractivity contribution in [2.75, 3.05) is 16.8 Å². The normalized spacial score (nSPS) is 16.7. The van der Waals surface area contributed by atoms with Gasteiger partial charge < -0.3 is 15.5 Å².